The van der Waals surface area contributed by atoms with Crippen molar-refractivity contribution in [3.05, 3.63) is 29.3 Å². The fourth-order valence-electron chi connectivity index (χ4n) is 2.36. The van der Waals surface area contributed by atoms with E-state index in [1.807, 2.05) is 6.07 Å². The van der Waals surface area contributed by atoms with Gasteiger partial charge in [0.2, 0.25) is 0 Å². The molecule has 1 aromatic rings. The lowest BCUT2D eigenvalue weighted by Crippen LogP contribution is -2.36. The van der Waals surface area contributed by atoms with Crippen molar-refractivity contribution in [2.75, 3.05) is 25.1 Å². The van der Waals surface area contributed by atoms with E-state index in [2.05, 4.69) is 29.9 Å². The van der Waals surface area contributed by atoms with E-state index >= 15 is 0 Å². The topological polar surface area (TPSA) is 12.5 Å². The van der Waals surface area contributed by atoms with Crippen LogP contribution in [0.3, 0.4) is 0 Å². The molecule has 1 aliphatic heterocycles. The molecule has 2 rings (SSSR count). The van der Waals surface area contributed by atoms with Crippen LogP contribution in [0.25, 0.3) is 0 Å². The normalized spacial score (nSPS) is 16.9. The van der Waals surface area contributed by atoms with Crippen LogP contribution in [0.5, 0.6) is 0 Å². The Morgan fingerprint density at radius 1 is 1.35 bits per heavy atom. The van der Waals surface area contributed by atoms with Gasteiger partial charge in [-0.05, 0) is 43.5 Å². The Morgan fingerprint density at radius 3 is 2.59 bits per heavy atom. The summed E-state index contributed by atoms with van der Waals surface area (Å²) in [5.41, 5.74) is 3.44. The Morgan fingerprint density at radius 2 is 2.06 bits per heavy atom. The lowest BCUT2D eigenvalue weighted by atomic mass is 10.0. The average molecular weight is 229 g/mol. The van der Waals surface area contributed by atoms with Crippen molar-refractivity contribution in [2.45, 2.75) is 25.9 Å². The van der Waals surface area contributed by atoms with E-state index in [4.69, 9.17) is 11.2 Å². The van der Waals surface area contributed by atoms with E-state index < -0.39 is 0 Å². The highest BCUT2D eigenvalue weighted by atomic mass is 16.5. The van der Waals surface area contributed by atoms with Gasteiger partial charge in [-0.15, -0.1) is 6.42 Å². The molecule has 0 atom stereocenters. The highest BCUT2D eigenvalue weighted by molar-refractivity contribution is 5.54. The highest BCUT2D eigenvalue weighted by Crippen LogP contribution is 2.23. The minimum atomic E-state index is 0.428. The largest absolute Gasteiger partial charge is 0.381 e. The van der Waals surface area contributed by atoms with Crippen LogP contribution in [-0.2, 0) is 4.74 Å². The van der Waals surface area contributed by atoms with Crippen molar-refractivity contribution in [3.8, 4) is 12.3 Å². The minimum Gasteiger partial charge on any atom is -0.381 e. The van der Waals surface area contributed by atoms with Gasteiger partial charge in [0, 0.05) is 31.5 Å². The Balaban J connectivity index is 2.09. The summed E-state index contributed by atoms with van der Waals surface area (Å²) in [6, 6.07) is 6.34. The van der Waals surface area contributed by atoms with Gasteiger partial charge in [0.05, 0.1) is 6.10 Å². The molecule has 0 spiro atoms. The summed E-state index contributed by atoms with van der Waals surface area (Å²) in [7, 11) is 1.80. The van der Waals surface area contributed by atoms with E-state index in [1.54, 1.807) is 7.11 Å². The van der Waals surface area contributed by atoms with Crippen LogP contribution in [0.2, 0.25) is 0 Å². The molecule has 17 heavy (non-hydrogen) atoms. The van der Waals surface area contributed by atoms with Gasteiger partial charge in [0.1, 0.15) is 0 Å². The van der Waals surface area contributed by atoms with Crippen molar-refractivity contribution in [1.29, 1.82) is 0 Å². The smallest absolute Gasteiger partial charge is 0.0605 e. The average Bonchev–Trinajstić information content (AvgIpc) is 2.39. The molecule has 2 nitrogen and oxygen atoms in total. The predicted octanol–water partition coefficient (Wildman–Crippen LogP) is 2.59. The number of methoxy groups -OCH3 is 1. The quantitative estimate of drug-likeness (QED) is 0.723. The van der Waals surface area contributed by atoms with E-state index in [0.717, 1.165) is 31.5 Å². The molecule has 0 N–H and O–H groups in total. The maximum atomic E-state index is 5.44. The second-order valence-electron chi connectivity index (χ2n) is 4.57. The zero-order chi connectivity index (χ0) is 12.3. The number of hydrogen-bond donors (Lipinski definition) is 0. The third-order valence-corrected chi connectivity index (χ3v) is 3.51. The molecule has 1 fully saturated rings. The number of terminal acetylenes is 1. The van der Waals surface area contributed by atoms with Crippen LogP contribution in [0.4, 0.5) is 5.69 Å². The van der Waals surface area contributed by atoms with Gasteiger partial charge >= 0.3 is 0 Å². The molecular weight excluding hydrogens is 210 g/mol. The van der Waals surface area contributed by atoms with Gasteiger partial charge in [-0.1, -0.05) is 5.92 Å². The monoisotopic (exact) mass is 229 g/mol. The lowest BCUT2D eigenvalue weighted by molar-refractivity contribution is 0.0819. The molecule has 0 radical (unpaired) electrons. The summed E-state index contributed by atoms with van der Waals surface area (Å²) in [4.78, 5) is 2.41. The van der Waals surface area contributed by atoms with Crippen molar-refractivity contribution in [1.82, 2.24) is 0 Å². The van der Waals surface area contributed by atoms with Crippen molar-refractivity contribution >= 4 is 5.69 Å². The first kappa shape index (κ1) is 12.0. The van der Waals surface area contributed by atoms with Crippen molar-refractivity contribution < 1.29 is 4.74 Å². The summed E-state index contributed by atoms with van der Waals surface area (Å²) < 4.78 is 5.38. The Labute approximate surface area is 104 Å². The first-order chi connectivity index (χ1) is 8.24. The molecule has 1 heterocycles. The maximum Gasteiger partial charge on any atom is 0.0605 e. The molecule has 0 saturated carbocycles. The third kappa shape index (κ3) is 2.62. The second kappa shape index (κ2) is 5.25. The fourth-order valence-corrected chi connectivity index (χ4v) is 2.36. The first-order valence-electron chi connectivity index (χ1n) is 6.09. The summed E-state index contributed by atoms with van der Waals surface area (Å²) >= 11 is 0. The number of anilines is 1. The molecule has 0 bridgehead atoms. The number of piperidine rings is 1. The van der Waals surface area contributed by atoms with Gasteiger partial charge in [0.15, 0.2) is 0 Å². The predicted molar refractivity (Wildman–Crippen MR) is 71.4 cm³/mol. The second-order valence-corrected chi connectivity index (χ2v) is 4.57. The van der Waals surface area contributed by atoms with E-state index in [1.165, 1.54) is 11.3 Å². The summed E-state index contributed by atoms with van der Waals surface area (Å²) in [5.74, 6) is 2.70. The van der Waals surface area contributed by atoms with E-state index in [-0.39, 0.29) is 0 Å². The van der Waals surface area contributed by atoms with Gasteiger partial charge in [-0.2, -0.15) is 0 Å². The number of rotatable bonds is 2. The fraction of sp³-hybridized carbons (Fsp3) is 0.467. The highest BCUT2D eigenvalue weighted by Gasteiger charge is 2.18. The van der Waals surface area contributed by atoms with Crippen LogP contribution in [0.15, 0.2) is 18.2 Å². The zero-order valence-corrected chi connectivity index (χ0v) is 10.6. The third-order valence-electron chi connectivity index (χ3n) is 3.51. The van der Waals surface area contributed by atoms with Crippen LogP contribution in [-0.4, -0.2) is 26.3 Å². The van der Waals surface area contributed by atoms with Crippen molar-refractivity contribution in [2.24, 2.45) is 0 Å². The molecule has 2 heteroatoms. The lowest BCUT2D eigenvalue weighted by Gasteiger charge is -2.33. The number of ether oxygens (including phenoxy) is 1. The van der Waals surface area contributed by atoms with Crippen LogP contribution < -0.4 is 4.90 Å². The minimum absolute atomic E-state index is 0.428. The van der Waals surface area contributed by atoms with Gasteiger partial charge in [0.25, 0.3) is 0 Å². The van der Waals surface area contributed by atoms with Crippen molar-refractivity contribution in [3.63, 3.8) is 0 Å². The molecule has 0 amide bonds. The Bertz CT molecular complexity index is 425. The summed E-state index contributed by atoms with van der Waals surface area (Å²) in [6.07, 6.45) is 8.07. The Kier molecular flexibility index (Phi) is 3.71. The van der Waals surface area contributed by atoms with Gasteiger partial charge < -0.3 is 9.64 Å². The molecule has 1 saturated heterocycles. The maximum absolute atomic E-state index is 5.44. The number of benzene rings is 1. The standard InChI is InChI=1S/C15H19NO/c1-4-13-5-6-14(11-12(13)2)16-9-7-15(17-3)8-10-16/h1,5-6,11,15H,7-10H2,2-3H3. The van der Waals surface area contributed by atoms with Gasteiger partial charge in [-0.25, -0.2) is 0 Å². The number of aryl methyl sites for hydroxylation is 1. The Hall–Kier alpha value is -1.46. The zero-order valence-electron chi connectivity index (χ0n) is 10.6. The number of nitrogens with zero attached hydrogens (tertiary/aromatic N) is 1. The first-order valence-corrected chi connectivity index (χ1v) is 6.09. The molecule has 90 valence electrons. The SMILES string of the molecule is C#Cc1ccc(N2CCC(OC)CC2)cc1C. The molecule has 0 aliphatic carbocycles. The van der Waals surface area contributed by atoms with E-state index in [0.29, 0.717) is 6.10 Å². The van der Waals surface area contributed by atoms with Gasteiger partial charge in [-0.3, -0.25) is 0 Å². The van der Waals surface area contributed by atoms with Crippen LogP contribution in [0, 0.1) is 19.3 Å². The summed E-state index contributed by atoms with van der Waals surface area (Å²) in [6.45, 7) is 4.20. The molecule has 0 unspecified atom stereocenters. The van der Waals surface area contributed by atoms with Crippen LogP contribution >= 0.6 is 0 Å². The molecular formula is C15H19NO. The molecule has 1 aliphatic rings. The molecule has 1 aromatic carbocycles. The molecule has 0 aromatic heterocycles. The summed E-state index contributed by atoms with van der Waals surface area (Å²) in [5, 5.41) is 0. The van der Waals surface area contributed by atoms with Crippen LogP contribution in [0.1, 0.15) is 24.0 Å². The number of hydrogen-bond acceptors (Lipinski definition) is 2. The van der Waals surface area contributed by atoms with E-state index in [9.17, 15) is 0 Å².